The largest absolute Gasteiger partial charge is 0.301 e. The van der Waals surface area contributed by atoms with E-state index in [1.807, 2.05) is 0 Å². The molecule has 0 saturated carbocycles. The second-order valence-electron chi connectivity index (χ2n) is 6.63. The number of hydrogen-bond donors (Lipinski definition) is 0. The van der Waals surface area contributed by atoms with Gasteiger partial charge in [0, 0.05) is 5.54 Å². The van der Waals surface area contributed by atoms with Crippen LogP contribution in [0.1, 0.15) is 48.0 Å². The highest BCUT2D eigenvalue weighted by Crippen LogP contribution is 2.44. The minimum Gasteiger partial charge on any atom is -0.301 e. The van der Waals surface area contributed by atoms with Crippen molar-refractivity contribution in [1.82, 2.24) is 4.90 Å². The fourth-order valence-electron chi connectivity index (χ4n) is 2.89. The van der Waals surface area contributed by atoms with E-state index in [0.29, 0.717) is 11.0 Å². The van der Waals surface area contributed by atoms with Crippen molar-refractivity contribution in [2.45, 2.75) is 53.5 Å². The van der Waals surface area contributed by atoms with E-state index in [-0.39, 0.29) is 0 Å². The number of nitrogens with zero attached hydrogens (tertiary/aromatic N) is 1. The Kier molecular flexibility index (Phi) is 3.02. The van der Waals surface area contributed by atoms with Crippen molar-refractivity contribution >= 4 is 0 Å². The highest BCUT2D eigenvalue weighted by molar-refractivity contribution is 4.96. The second-order valence-corrected chi connectivity index (χ2v) is 6.63. The van der Waals surface area contributed by atoms with E-state index < -0.39 is 0 Å². The predicted octanol–water partition coefficient (Wildman–Crippen LogP) is 3.40. The van der Waals surface area contributed by atoms with Gasteiger partial charge < -0.3 is 4.90 Å². The van der Waals surface area contributed by atoms with E-state index >= 15 is 0 Å². The SMILES string of the molecule is CC1C(C(C)(C)C)CCN(C)C1(C)C. The predicted molar refractivity (Wildman–Crippen MR) is 63.4 cm³/mol. The van der Waals surface area contributed by atoms with Crippen molar-refractivity contribution in [3.8, 4) is 0 Å². The molecule has 2 atom stereocenters. The van der Waals surface area contributed by atoms with Gasteiger partial charge in [-0.05, 0) is 51.1 Å². The topological polar surface area (TPSA) is 3.24 Å². The van der Waals surface area contributed by atoms with Crippen LogP contribution < -0.4 is 0 Å². The Morgan fingerprint density at radius 1 is 1.21 bits per heavy atom. The minimum absolute atomic E-state index is 0.357. The molecule has 84 valence electrons. The van der Waals surface area contributed by atoms with Crippen LogP contribution in [0.25, 0.3) is 0 Å². The Morgan fingerprint density at radius 2 is 1.71 bits per heavy atom. The number of likely N-dealkylation sites (tertiary alicyclic amines) is 1. The molecule has 0 aliphatic carbocycles. The molecule has 1 fully saturated rings. The molecule has 1 nitrogen and oxygen atoms in total. The lowest BCUT2D eigenvalue weighted by Crippen LogP contribution is -2.55. The summed E-state index contributed by atoms with van der Waals surface area (Å²) in [7, 11) is 2.26. The summed E-state index contributed by atoms with van der Waals surface area (Å²) in [6.07, 6.45) is 1.35. The Labute approximate surface area is 89.9 Å². The molecule has 0 N–H and O–H groups in total. The third kappa shape index (κ3) is 1.98. The van der Waals surface area contributed by atoms with Crippen LogP contribution in [0, 0.1) is 17.3 Å². The van der Waals surface area contributed by atoms with Gasteiger partial charge in [-0.1, -0.05) is 27.7 Å². The van der Waals surface area contributed by atoms with Gasteiger partial charge in [0.2, 0.25) is 0 Å². The van der Waals surface area contributed by atoms with Crippen molar-refractivity contribution < 1.29 is 0 Å². The molecule has 1 rings (SSSR count). The van der Waals surface area contributed by atoms with Gasteiger partial charge in [-0.2, -0.15) is 0 Å². The molecule has 0 aromatic heterocycles. The first kappa shape index (κ1) is 12.0. The summed E-state index contributed by atoms with van der Waals surface area (Å²) in [6.45, 7) is 15.6. The van der Waals surface area contributed by atoms with E-state index in [1.54, 1.807) is 0 Å². The third-order valence-corrected chi connectivity index (χ3v) is 4.59. The highest BCUT2D eigenvalue weighted by Gasteiger charge is 2.43. The lowest BCUT2D eigenvalue weighted by Gasteiger charge is -2.52. The maximum absolute atomic E-state index is 2.51. The van der Waals surface area contributed by atoms with Crippen LogP contribution >= 0.6 is 0 Å². The lowest BCUT2D eigenvalue weighted by molar-refractivity contribution is -0.0277. The Morgan fingerprint density at radius 3 is 2.14 bits per heavy atom. The molecule has 2 unspecified atom stereocenters. The van der Waals surface area contributed by atoms with Crippen LogP contribution in [-0.4, -0.2) is 24.0 Å². The second kappa shape index (κ2) is 3.52. The van der Waals surface area contributed by atoms with Gasteiger partial charge in [0.15, 0.2) is 0 Å². The Bertz CT molecular complexity index is 200. The summed E-state index contributed by atoms with van der Waals surface area (Å²) >= 11 is 0. The van der Waals surface area contributed by atoms with Crippen LogP contribution in [-0.2, 0) is 0 Å². The first-order valence-corrected chi connectivity index (χ1v) is 5.88. The highest BCUT2D eigenvalue weighted by atomic mass is 15.2. The van der Waals surface area contributed by atoms with Crippen LogP contribution in [0.3, 0.4) is 0 Å². The zero-order valence-corrected chi connectivity index (χ0v) is 11.0. The van der Waals surface area contributed by atoms with Gasteiger partial charge >= 0.3 is 0 Å². The van der Waals surface area contributed by atoms with Gasteiger partial charge in [-0.3, -0.25) is 0 Å². The Hall–Kier alpha value is -0.0400. The normalized spacial score (nSPS) is 34.5. The van der Waals surface area contributed by atoms with E-state index in [1.165, 1.54) is 13.0 Å². The summed E-state index contributed by atoms with van der Waals surface area (Å²) < 4.78 is 0. The van der Waals surface area contributed by atoms with Gasteiger partial charge in [0.1, 0.15) is 0 Å². The molecule has 0 amide bonds. The number of piperidine rings is 1. The monoisotopic (exact) mass is 197 g/mol. The molecule has 0 aromatic rings. The molecule has 0 aromatic carbocycles. The fraction of sp³-hybridized carbons (Fsp3) is 1.00. The van der Waals surface area contributed by atoms with Gasteiger partial charge in [-0.25, -0.2) is 0 Å². The molecule has 1 heterocycles. The van der Waals surface area contributed by atoms with Crippen molar-refractivity contribution in [2.75, 3.05) is 13.6 Å². The zero-order valence-electron chi connectivity index (χ0n) is 11.0. The quantitative estimate of drug-likeness (QED) is 0.575. The standard InChI is InChI=1S/C13H27N/c1-10-11(12(2,3)4)8-9-14(7)13(10,5)6/h10-11H,8-9H2,1-7H3. The number of rotatable bonds is 0. The summed E-state index contributed by atoms with van der Waals surface area (Å²) in [4.78, 5) is 2.51. The Balaban J connectivity index is 2.86. The maximum Gasteiger partial charge on any atom is 0.0178 e. The average Bonchev–Trinajstić information content (AvgIpc) is 1.99. The molecule has 1 heteroatoms. The first-order chi connectivity index (χ1) is 6.17. The van der Waals surface area contributed by atoms with Crippen LogP contribution in [0.4, 0.5) is 0 Å². The molecular formula is C13H27N. The summed E-state index contributed by atoms with van der Waals surface area (Å²) in [5, 5.41) is 0. The smallest absolute Gasteiger partial charge is 0.0178 e. The minimum atomic E-state index is 0.357. The molecule has 0 spiro atoms. The molecule has 14 heavy (non-hydrogen) atoms. The molecule has 0 radical (unpaired) electrons. The molecule has 1 aliphatic heterocycles. The van der Waals surface area contributed by atoms with E-state index in [2.05, 4.69) is 53.5 Å². The van der Waals surface area contributed by atoms with Crippen LogP contribution in [0.5, 0.6) is 0 Å². The number of hydrogen-bond acceptors (Lipinski definition) is 1. The van der Waals surface area contributed by atoms with Crippen LogP contribution in [0.15, 0.2) is 0 Å². The van der Waals surface area contributed by atoms with E-state index in [0.717, 1.165) is 11.8 Å². The van der Waals surface area contributed by atoms with Gasteiger partial charge in [-0.15, -0.1) is 0 Å². The maximum atomic E-state index is 2.51. The summed E-state index contributed by atoms with van der Waals surface area (Å²) in [5.41, 5.74) is 0.814. The third-order valence-electron chi connectivity index (χ3n) is 4.59. The van der Waals surface area contributed by atoms with Crippen molar-refractivity contribution in [1.29, 1.82) is 0 Å². The summed E-state index contributed by atoms with van der Waals surface area (Å²) in [5.74, 6) is 1.63. The van der Waals surface area contributed by atoms with E-state index in [4.69, 9.17) is 0 Å². The lowest BCUT2D eigenvalue weighted by atomic mass is 9.63. The molecule has 1 saturated heterocycles. The van der Waals surface area contributed by atoms with Crippen LogP contribution in [0.2, 0.25) is 0 Å². The zero-order chi connectivity index (χ0) is 11.1. The molecule has 1 aliphatic rings. The first-order valence-electron chi connectivity index (χ1n) is 5.88. The van der Waals surface area contributed by atoms with Gasteiger partial charge in [0.25, 0.3) is 0 Å². The summed E-state index contributed by atoms with van der Waals surface area (Å²) in [6, 6.07) is 0. The molecule has 0 bridgehead atoms. The fourth-order valence-corrected chi connectivity index (χ4v) is 2.89. The van der Waals surface area contributed by atoms with Crippen molar-refractivity contribution in [3.05, 3.63) is 0 Å². The molecular weight excluding hydrogens is 170 g/mol. The average molecular weight is 197 g/mol. The van der Waals surface area contributed by atoms with Crippen molar-refractivity contribution in [2.24, 2.45) is 17.3 Å². The van der Waals surface area contributed by atoms with Crippen molar-refractivity contribution in [3.63, 3.8) is 0 Å². The van der Waals surface area contributed by atoms with Gasteiger partial charge in [0.05, 0.1) is 0 Å². The van der Waals surface area contributed by atoms with E-state index in [9.17, 15) is 0 Å².